The number of aromatic nitrogens is 1. The number of rotatable bonds is 6. The summed E-state index contributed by atoms with van der Waals surface area (Å²) in [5, 5.41) is 5.47. The number of hydrogen-bond acceptors (Lipinski definition) is 3. The van der Waals surface area contributed by atoms with Gasteiger partial charge in [-0.05, 0) is 51.2 Å². The van der Waals surface area contributed by atoms with E-state index in [9.17, 15) is 4.79 Å². The van der Waals surface area contributed by atoms with E-state index in [2.05, 4.69) is 64.0 Å². The highest BCUT2D eigenvalue weighted by Crippen LogP contribution is 2.29. The lowest BCUT2D eigenvalue weighted by Crippen LogP contribution is -2.45. The van der Waals surface area contributed by atoms with Crippen LogP contribution in [0.2, 0.25) is 0 Å². The molecule has 0 aliphatic carbocycles. The van der Waals surface area contributed by atoms with Crippen molar-refractivity contribution in [3.05, 3.63) is 48.0 Å². The molecule has 0 bridgehead atoms. The van der Waals surface area contributed by atoms with Gasteiger partial charge in [-0.3, -0.25) is 4.79 Å². The summed E-state index contributed by atoms with van der Waals surface area (Å²) >= 11 is 0. The molecule has 4 rings (SSSR count). The summed E-state index contributed by atoms with van der Waals surface area (Å²) in [6.45, 7) is 9.38. The van der Waals surface area contributed by atoms with Crippen LogP contribution in [-0.2, 0) is 6.54 Å². The van der Waals surface area contributed by atoms with E-state index in [0.29, 0.717) is 0 Å². The second-order valence-electron chi connectivity index (χ2n) is 7.75. The second-order valence-corrected chi connectivity index (χ2v) is 7.75. The Morgan fingerprint density at radius 3 is 2.54 bits per heavy atom. The van der Waals surface area contributed by atoms with Crippen LogP contribution in [0.4, 0.5) is 0 Å². The van der Waals surface area contributed by atoms with Gasteiger partial charge in [-0.1, -0.05) is 18.2 Å². The molecule has 1 N–H and O–H groups in total. The van der Waals surface area contributed by atoms with Crippen molar-refractivity contribution in [1.29, 1.82) is 0 Å². The average molecular weight is 379 g/mol. The lowest BCUT2D eigenvalue weighted by atomic mass is 10.1. The lowest BCUT2D eigenvalue weighted by molar-refractivity contribution is 0.0949. The third-order valence-corrected chi connectivity index (χ3v) is 5.88. The predicted octanol–water partition coefficient (Wildman–Crippen LogP) is 3.18. The van der Waals surface area contributed by atoms with Crippen molar-refractivity contribution in [2.75, 3.05) is 46.3 Å². The van der Waals surface area contributed by atoms with Gasteiger partial charge in [0.1, 0.15) is 0 Å². The van der Waals surface area contributed by atoms with E-state index in [4.69, 9.17) is 0 Å². The molecule has 1 saturated heterocycles. The van der Waals surface area contributed by atoms with Crippen LogP contribution in [0.15, 0.2) is 42.5 Å². The molecule has 0 atom stereocenters. The summed E-state index contributed by atoms with van der Waals surface area (Å²) in [7, 11) is 2.17. The molecule has 0 radical (unpaired) electrons. The van der Waals surface area contributed by atoms with Crippen LogP contribution in [-0.4, -0.2) is 66.6 Å². The minimum Gasteiger partial charge on any atom is -0.352 e. The summed E-state index contributed by atoms with van der Waals surface area (Å²) in [6.07, 6.45) is 0.993. The minimum absolute atomic E-state index is 0.0219. The maximum absolute atomic E-state index is 12.7. The molecule has 1 amide bonds. The van der Waals surface area contributed by atoms with Crippen molar-refractivity contribution in [3.63, 3.8) is 0 Å². The van der Waals surface area contributed by atoms with Gasteiger partial charge in [0.05, 0.1) is 0 Å². The Balaban J connectivity index is 1.41. The molecular weight excluding hydrogens is 348 g/mol. The summed E-state index contributed by atoms with van der Waals surface area (Å²) in [5.41, 5.74) is 3.16. The van der Waals surface area contributed by atoms with Gasteiger partial charge in [-0.25, -0.2) is 0 Å². The summed E-state index contributed by atoms with van der Waals surface area (Å²) in [5.74, 6) is 0.0219. The Bertz CT molecular complexity index is 969. The largest absolute Gasteiger partial charge is 0.352 e. The third-order valence-electron chi connectivity index (χ3n) is 5.88. The molecule has 2 heterocycles. The number of fused-ring (bicyclic) bond motifs is 3. The molecule has 28 heavy (non-hydrogen) atoms. The van der Waals surface area contributed by atoms with Crippen LogP contribution in [0.3, 0.4) is 0 Å². The van der Waals surface area contributed by atoms with Crippen molar-refractivity contribution in [1.82, 2.24) is 19.7 Å². The maximum Gasteiger partial charge on any atom is 0.251 e. The zero-order valence-corrected chi connectivity index (χ0v) is 16.9. The Morgan fingerprint density at radius 1 is 1.00 bits per heavy atom. The van der Waals surface area contributed by atoms with Gasteiger partial charge in [-0.15, -0.1) is 0 Å². The Morgan fingerprint density at radius 2 is 1.75 bits per heavy atom. The van der Waals surface area contributed by atoms with E-state index < -0.39 is 0 Å². The van der Waals surface area contributed by atoms with Gasteiger partial charge in [0.25, 0.3) is 5.91 Å². The lowest BCUT2D eigenvalue weighted by Gasteiger charge is -2.32. The Kier molecular flexibility index (Phi) is 5.64. The monoisotopic (exact) mass is 378 g/mol. The van der Waals surface area contributed by atoms with Gasteiger partial charge in [0.15, 0.2) is 0 Å². The van der Waals surface area contributed by atoms with Crippen molar-refractivity contribution >= 4 is 27.7 Å². The first kappa shape index (κ1) is 19.0. The number of carbonyl (C=O) groups is 1. The number of nitrogens with one attached hydrogen (secondary N) is 1. The molecule has 1 fully saturated rings. The molecule has 148 valence electrons. The first-order valence-electron chi connectivity index (χ1n) is 10.4. The third kappa shape index (κ3) is 3.77. The summed E-state index contributed by atoms with van der Waals surface area (Å²) in [4.78, 5) is 17.5. The van der Waals surface area contributed by atoms with Crippen LogP contribution in [0.25, 0.3) is 21.8 Å². The van der Waals surface area contributed by atoms with Gasteiger partial charge < -0.3 is 19.7 Å². The average Bonchev–Trinajstić information content (AvgIpc) is 3.05. The first-order valence-corrected chi connectivity index (χ1v) is 10.4. The van der Waals surface area contributed by atoms with E-state index in [0.717, 1.165) is 63.2 Å². The first-order chi connectivity index (χ1) is 13.7. The molecule has 1 aliphatic rings. The van der Waals surface area contributed by atoms with Crippen molar-refractivity contribution in [3.8, 4) is 0 Å². The fourth-order valence-corrected chi connectivity index (χ4v) is 4.21. The van der Waals surface area contributed by atoms with Gasteiger partial charge in [0, 0.05) is 66.6 Å². The van der Waals surface area contributed by atoms with Crippen LogP contribution in [0.1, 0.15) is 23.7 Å². The van der Waals surface area contributed by atoms with Crippen molar-refractivity contribution in [2.45, 2.75) is 19.9 Å². The standard InChI is InChI=1S/C23H30N4O/c1-3-27-21-8-5-4-7-19(21)20-17-18(9-10-22(20)27)23(28)24-11-6-12-26-15-13-25(2)14-16-26/h4-5,7-10,17H,3,6,11-16H2,1-2H3,(H,24,28). The second kappa shape index (κ2) is 8.33. The zero-order valence-electron chi connectivity index (χ0n) is 16.9. The molecule has 0 spiro atoms. The fraction of sp³-hybridized carbons (Fsp3) is 0.435. The van der Waals surface area contributed by atoms with E-state index >= 15 is 0 Å². The van der Waals surface area contributed by atoms with E-state index in [1.165, 1.54) is 16.4 Å². The Labute approximate surface area is 166 Å². The number of amides is 1. The quantitative estimate of drug-likeness (QED) is 0.670. The van der Waals surface area contributed by atoms with Crippen LogP contribution >= 0.6 is 0 Å². The molecule has 0 saturated carbocycles. The molecule has 0 unspecified atom stereocenters. The molecule has 2 aromatic carbocycles. The number of likely N-dealkylation sites (N-methyl/N-ethyl adjacent to an activating group) is 1. The van der Waals surface area contributed by atoms with E-state index in [1.54, 1.807) is 0 Å². The molecule has 1 aliphatic heterocycles. The van der Waals surface area contributed by atoms with Crippen LogP contribution < -0.4 is 5.32 Å². The van der Waals surface area contributed by atoms with Gasteiger partial charge in [-0.2, -0.15) is 0 Å². The molecule has 5 heteroatoms. The number of para-hydroxylation sites is 1. The fourth-order valence-electron chi connectivity index (χ4n) is 4.21. The van der Waals surface area contributed by atoms with Crippen LogP contribution in [0.5, 0.6) is 0 Å². The van der Waals surface area contributed by atoms with Gasteiger partial charge >= 0.3 is 0 Å². The smallest absolute Gasteiger partial charge is 0.251 e. The highest BCUT2D eigenvalue weighted by molar-refractivity contribution is 6.10. The van der Waals surface area contributed by atoms with Crippen LogP contribution in [0, 0.1) is 0 Å². The van der Waals surface area contributed by atoms with Crippen molar-refractivity contribution < 1.29 is 4.79 Å². The number of hydrogen-bond donors (Lipinski definition) is 1. The Hall–Kier alpha value is -2.37. The highest BCUT2D eigenvalue weighted by atomic mass is 16.1. The zero-order chi connectivity index (χ0) is 19.5. The number of nitrogens with zero attached hydrogens (tertiary/aromatic N) is 3. The topological polar surface area (TPSA) is 40.5 Å². The number of benzene rings is 2. The van der Waals surface area contributed by atoms with E-state index in [1.807, 2.05) is 12.1 Å². The normalized spacial score (nSPS) is 16.1. The molecule has 1 aromatic heterocycles. The molecule has 5 nitrogen and oxygen atoms in total. The maximum atomic E-state index is 12.7. The minimum atomic E-state index is 0.0219. The SMILES string of the molecule is CCn1c2ccccc2c2cc(C(=O)NCCCN3CCN(C)CC3)ccc21. The van der Waals surface area contributed by atoms with Gasteiger partial charge in [0.2, 0.25) is 0 Å². The summed E-state index contributed by atoms with van der Waals surface area (Å²) < 4.78 is 2.31. The van der Waals surface area contributed by atoms with E-state index in [-0.39, 0.29) is 5.91 Å². The molecular formula is C23H30N4O. The summed E-state index contributed by atoms with van der Waals surface area (Å²) in [6, 6.07) is 14.5. The predicted molar refractivity (Wildman–Crippen MR) is 116 cm³/mol. The molecule has 3 aromatic rings. The number of aryl methyl sites for hydroxylation is 1. The van der Waals surface area contributed by atoms with Crippen molar-refractivity contribution in [2.24, 2.45) is 0 Å². The number of piperazine rings is 1. The highest BCUT2D eigenvalue weighted by Gasteiger charge is 2.14. The number of carbonyl (C=O) groups excluding carboxylic acids is 1.